The molecule has 0 aromatic heterocycles. The van der Waals surface area contributed by atoms with Crippen LogP contribution in [0.3, 0.4) is 0 Å². The van der Waals surface area contributed by atoms with E-state index in [0.29, 0.717) is 35.3 Å². The number of nitrogens with zero attached hydrogens (tertiary/aromatic N) is 2. The Labute approximate surface area is 248 Å². The normalized spacial score (nSPS) is 28.5. The van der Waals surface area contributed by atoms with E-state index in [-0.39, 0.29) is 24.2 Å². The van der Waals surface area contributed by atoms with Gasteiger partial charge in [0.2, 0.25) is 5.91 Å². The van der Waals surface area contributed by atoms with Crippen molar-refractivity contribution in [2.24, 2.45) is 29.4 Å². The quantitative estimate of drug-likeness (QED) is 0.319. The third-order valence-corrected chi connectivity index (χ3v) is 9.18. The number of hydrogen-bond donors (Lipinski definition) is 3. The van der Waals surface area contributed by atoms with Gasteiger partial charge in [0.1, 0.15) is 11.6 Å². The van der Waals surface area contributed by atoms with Gasteiger partial charge in [-0.15, -0.1) is 6.58 Å². The molecular weight excluding hydrogens is 557 g/mol. The minimum absolute atomic E-state index is 0.0555. The Morgan fingerprint density at radius 3 is 2.47 bits per heavy atom. The van der Waals surface area contributed by atoms with E-state index < -0.39 is 70.2 Å². The number of hydrogen-bond acceptors (Lipinski definition) is 9. The molecule has 2 saturated carbocycles. The number of phenols is 1. The van der Waals surface area contributed by atoms with Crippen LogP contribution >= 0.6 is 0 Å². The van der Waals surface area contributed by atoms with E-state index in [0.717, 1.165) is 0 Å². The molecule has 1 amide bonds. The van der Waals surface area contributed by atoms with Crippen LogP contribution in [0.1, 0.15) is 27.9 Å². The zero-order chi connectivity index (χ0) is 31.5. The molecule has 11 heteroatoms. The number of halogens is 1. The number of likely N-dealkylation sites (N-methyl/N-ethyl adjacent to an activating group) is 2. The van der Waals surface area contributed by atoms with Gasteiger partial charge in [-0.2, -0.15) is 0 Å². The predicted octanol–water partition coefficient (Wildman–Crippen LogP) is 1.29. The summed E-state index contributed by atoms with van der Waals surface area (Å²) in [5, 5.41) is 22.5. The summed E-state index contributed by atoms with van der Waals surface area (Å²) in [5.74, 6) is -11.5. The lowest BCUT2D eigenvalue weighted by Gasteiger charge is -2.52. The summed E-state index contributed by atoms with van der Waals surface area (Å²) in [6.07, 6.45) is 1.76. The highest BCUT2D eigenvalue weighted by Gasteiger charge is 2.69. The summed E-state index contributed by atoms with van der Waals surface area (Å²) < 4.78 is 14.8. The van der Waals surface area contributed by atoms with Crippen LogP contribution in [0.2, 0.25) is 0 Å². The third-order valence-electron chi connectivity index (χ3n) is 9.18. The molecule has 2 unspecified atom stereocenters. The van der Waals surface area contributed by atoms with Crippen molar-refractivity contribution >= 4 is 29.0 Å². The minimum atomic E-state index is -2.78. The Morgan fingerprint density at radius 2 is 1.84 bits per heavy atom. The van der Waals surface area contributed by atoms with Crippen LogP contribution in [0.15, 0.2) is 43.0 Å². The summed E-state index contributed by atoms with van der Waals surface area (Å²) in [7, 11) is 4.89. The Hall–Kier alpha value is -4.06. The van der Waals surface area contributed by atoms with Crippen molar-refractivity contribution in [3.05, 3.63) is 65.5 Å². The van der Waals surface area contributed by atoms with Crippen molar-refractivity contribution < 1.29 is 38.6 Å². The fourth-order valence-electron chi connectivity index (χ4n) is 7.31. The van der Waals surface area contributed by atoms with Crippen LogP contribution < -0.4 is 5.73 Å². The summed E-state index contributed by atoms with van der Waals surface area (Å²) in [6.45, 7) is 4.54. The molecule has 0 spiro atoms. The summed E-state index contributed by atoms with van der Waals surface area (Å²) in [6, 6.07) is 6.34. The number of amides is 1. The number of fused-ring (bicyclic) bond motifs is 3. The van der Waals surface area contributed by atoms with Crippen LogP contribution in [0.25, 0.3) is 11.1 Å². The van der Waals surface area contributed by atoms with Crippen LogP contribution in [0, 0.1) is 29.5 Å². The Balaban J connectivity index is 1.61. The standard InChI is InChI=1S/C32H34FN3O7/c1-5-10-36(4)14-17-11-15(6-8-21(17)33)18-7-9-22(37)24-19(18)12-16-13-20-26(35(2)3)28(39)25(31(34)42)30(41)32(20,43)29(40)23(16)27(24)38/h5-9,11,16,20,23,25-26,37,43H,1,10,12-14H2,2-4H3,(H2,34,42)/t16-,20-,23?,25?,26-,32-/m0/s1. The molecule has 4 N–H and O–H groups in total. The largest absolute Gasteiger partial charge is 0.507 e. The number of Topliss-reactive ketones (excluding diaryl/α,β-unsaturated/α-hetero) is 4. The molecule has 0 bridgehead atoms. The fourth-order valence-corrected chi connectivity index (χ4v) is 7.31. The first-order valence-corrected chi connectivity index (χ1v) is 14.0. The van der Waals surface area contributed by atoms with Crippen molar-refractivity contribution in [3.8, 4) is 16.9 Å². The van der Waals surface area contributed by atoms with Crippen LogP contribution in [0.4, 0.5) is 4.39 Å². The summed E-state index contributed by atoms with van der Waals surface area (Å²) in [4.78, 5) is 70.1. The lowest BCUT2D eigenvalue weighted by atomic mass is 9.52. The molecule has 0 heterocycles. The highest BCUT2D eigenvalue weighted by molar-refractivity contribution is 6.32. The molecule has 10 nitrogen and oxygen atoms in total. The molecule has 226 valence electrons. The number of phenolic OH excluding ortho intramolecular Hbond substituents is 1. The average Bonchev–Trinajstić information content (AvgIpc) is 2.92. The van der Waals surface area contributed by atoms with Crippen LogP contribution in [-0.2, 0) is 32.1 Å². The van der Waals surface area contributed by atoms with Gasteiger partial charge < -0.3 is 15.9 Å². The number of carbonyl (C=O) groups is 5. The first-order valence-electron chi connectivity index (χ1n) is 14.0. The van der Waals surface area contributed by atoms with Crippen molar-refractivity contribution in [1.82, 2.24) is 9.80 Å². The maximum atomic E-state index is 14.8. The van der Waals surface area contributed by atoms with Gasteiger partial charge >= 0.3 is 0 Å². The first-order chi connectivity index (χ1) is 20.2. The van der Waals surface area contributed by atoms with Gasteiger partial charge in [-0.25, -0.2) is 4.39 Å². The minimum Gasteiger partial charge on any atom is -0.507 e. The summed E-state index contributed by atoms with van der Waals surface area (Å²) in [5.41, 5.74) is 4.49. The zero-order valence-corrected chi connectivity index (χ0v) is 24.2. The van der Waals surface area contributed by atoms with Gasteiger partial charge in [-0.05, 0) is 74.8 Å². The highest BCUT2D eigenvalue weighted by atomic mass is 19.1. The van der Waals surface area contributed by atoms with Crippen molar-refractivity contribution in [2.75, 3.05) is 27.7 Å². The molecule has 2 aromatic rings. The smallest absolute Gasteiger partial charge is 0.235 e. The number of aliphatic hydroxyl groups is 1. The number of ketones is 4. The molecule has 3 aliphatic rings. The maximum absolute atomic E-state index is 14.8. The second kappa shape index (κ2) is 10.9. The molecule has 2 aromatic carbocycles. The monoisotopic (exact) mass is 591 g/mol. The number of nitrogens with two attached hydrogens (primary N) is 1. The van der Waals surface area contributed by atoms with Crippen molar-refractivity contribution in [2.45, 2.75) is 31.0 Å². The fraction of sp³-hybridized carbons (Fsp3) is 0.406. The van der Waals surface area contributed by atoms with E-state index in [2.05, 4.69) is 6.58 Å². The Bertz CT molecular complexity index is 1590. The number of benzene rings is 2. The van der Waals surface area contributed by atoms with Gasteiger partial charge in [-0.1, -0.05) is 18.2 Å². The molecule has 0 saturated heterocycles. The van der Waals surface area contributed by atoms with E-state index in [1.165, 1.54) is 31.1 Å². The second-order valence-corrected chi connectivity index (χ2v) is 12.1. The molecule has 0 radical (unpaired) electrons. The lowest BCUT2D eigenvalue weighted by Crippen LogP contribution is -2.74. The number of carbonyl (C=O) groups excluding carboxylic acids is 5. The van der Waals surface area contributed by atoms with Crippen molar-refractivity contribution in [3.63, 3.8) is 0 Å². The number of rotatable bonds is 7. The van der Waals surface area contributed by atoms with E-state index >= 15 is 0 Å². The van der Waals surface area contributed by atoms with Crippen LogP contribution in [-0.4, -0.2) is 88.4 Å². The Morgan fingerprint density at radius 1 is 1.14 bits per heavy atom. The predicted molar refractivity (Wildman–Crippen MR) is 153 cm³/mol. The average molecular weight is 592 g/mol. The van der Waals surface area contributed by atoms with Crippen LogP contribution in [0.5, 0.6) is 5.75 Å². The van der Waals surface area contributed by atoms with Gasteiger partial charge in [0.05, 0.1) is 17.5 Å². The van der Waals surface area contributed by atoms with Gasteiger partial charge in [0.25, 0.3) is 0 Å². The molecule has 43 heavy (non-hydrogen) atoms. The van der Waals surface area contributed by atoms with E-state index in [9.17, 15) is 38.6 Å². The van der Waals surface area contributed by atoms with Gasteiger partial charge in [-0.3, -0.25) is 33.8 Å². The molecule has 5 rings (SSSR count). The Kier molecular flexibility index (Phi) is 7.70. The molecule has 2 fully saturated rings. The summed E-state index contributed by atoms with van der Waals surface area (Å²) >= 11 is 0. The van der Waals surface area contributed by atoms with E-state index in [1.807, 2.05) is 11.9 Å². The maximum Gasteiger partial charge on any atom is 0.235 e. The molecule has 6 atom stereocenters. The molecule has 0 aliphatic heterocycles. The topological polar surface area (TPSA) is 158 Å². The SMILES string of the molecule is C=CCN(C)Cc1cc(-c2ccc(O)c3c2C[C@H]2C[C@H]4[C@H](N(C)C)C(=O)C(C(N)=O)C(=O)[C@@]4(O)C(=O)C2C3=O)ccc1F. The molecule has 3 aliphatic carbocycles. The van der Waals surface area contributed by atoms with Crippen molar-refractivity contribution in [1.29, 1.82) is 0 Å². The number of primary amides is 1. The van der Waals surface area contributed by atoms with Gasteiger partial charge in [0, 0.05) is 24.6 Å². The second-order valence-electron chi connectivity index (χ2n) is 12.1. The molecular formula is C32H34FN3O7. The third kappa shape index (κ3) is 4.62. The van der Waals surface area contributed by atoms with Gasteiger partial charge in [0.15, 0.2) is 34.7 Å². The van der Waals surface area contributed by atoms with E-state index in [1.54, 1.807) is 24.3 Å². The zero-order valence-electron chi connectivity index (χ0n) is 24.2. The lowest BCUT2D eigenvalue weighted by molar-refractivity contribution is -0.181. The highest BCUT2D eigenvalue weighted by Crippen LogP contribution is 2.51. The number of aromatic hydroxyl groups is 1. The van der Waals surface area contributed by atoms with E-state index in [4.69, 9.17) is 5.73 Å². The first kappa shape index (κ1) is 30.4.